The molecule has 0 radical (unpaired) electrons. The molecule has 0 bridgehead atoms. The maximum atomic E-state index is 11.1. The van der Waals surface area contributed by atoms with E-state index in [1.165, 1.54) is 0 Å². The van der Waals surface area contributed by atoms with Gasteiger partial charge in [0.05, 0.1) is 20.2 Å². The van der Waals surface area contributed by atoms with E-state index >= 15 is 0 Å². The van der Waals surface area contributed by atoms with E-state index in [0.717, 1.165) is 34.3 Å². The number of imidazole rings is 1. The molecule has 9 heteroatoms. The highest BCUT2D eigenvalue weighted by atomic mass is 31.2. The van der Waals surface area contributed by atoms with E-state index in [-0.39, 0.29) is 0 Å². The van der Waals surface area contributed by atoms with Crippen molar-refractivity contribution in [3.63, 3.8) is 0 Å². The Morgan fingerprint density at radius 1 is 0.929 bits per heavy atom. The molecule has 3 rings (SSSR count). The summed E-state index contributed by atoms with van der Waals surface area (Å²) < 4.78 is 24.1. The summed E-state index contributed by atoms with van der Waals surface area (Å²) >= 11 is 0. The quantitative estimate of drug-likeness (QED) is 0.602. The van der Waals surface area contributed by atoms with Crippen LogP contribution in [0.1, 0.15) is 11.6 Å². The Morgan fingerprint density at radius 3 is 2.00 bits per heavy atom. The standard InChI is InChI=1S/C14H15N5.C5H14O2P2/c1-9-15-13(18-11-7-5-4-6-8-11)12-14(16-9)19(3)10(2)17-12;1-8(2,6)5-9(3,4)7/h4-8H,1-3H3,(H,15,16,18);5H2,1-4H3. The van der Waals surface area contributed by atoms with Crippen molar-refractivity contribution in [3.05, 3.63) is 42.0 Å². The molecule has 0 aliphatic heterocycles. The summed E-state index contributed by atoms with van der Waals surface area (Å²) in [7, 11) is -2.14. The van der Waals surface area contributed by atoms with E-state index in [2.05, 4.69) is 20.3 Å². The van der Waals surface area contributed by atoms with Crippen LogP contribution in [0.2, 0.25) is 0 Å². The molecule has 0 unspecified atom stereocenters. The van der Waals surface area contributed by atoms with Crippen LogP contribution in [-0.4, -0.2) is 52.1 Å². The number of para-hydroxylation sites is 1. The Labute approximate surface area is 166 Å². The maximum absolute atomic E-state index is 11.1. The molecule has 152 valence electrons. The highest BCUT2D eigenvalue weighted by Crippen LogP contribution is 2.52. The van der Waals surface area contributed by atoms with Crippen molar-refractivity contribution in [1.29, 1.82) is 0 Å². The molecular weight excluding hydrogens is 392 g/mol. The van der Waals surface area contributed by atoms with Crippen LogP contribution in [0.4, 0.5) is 11.5 Å². The minimum atomic E-state index is -2.05. The molecule has 3 aromatic rings. The largest absolute Gasteiger partial charge is 0.338 e. The van der Waals surface area contributed by atoms with Gasteiger partial charge in [0.2, 0.25) is 0 Å². The van der Waals surface area contributed by atoms with Gasteiger partial charge in [-0.25, -0.2) is 15.0 Å². The zero-order valence-electron chi connectivity index (χ0n) is 17.6. The number of aromatic nitrogens is 4. The molecule has 28 heavy (non-hydrogen) atoms. The molecule has 0 fully saturated rings. The zero-order valence-corrected chi connectivity index (χ0v) is 19.4. The van der Waals surface area contributed by atoms with Gasteiger partial charge in [-0.2, -0.15) is 0 Å². The summed E-state index contributed by atoms with van der Waals surface area (Å²) in [4.78, 5) is 13.4. The van der Waals surface area contributed by atoms with Crippen molar-refractivity contribution >= 4 is 37.0 Å². The average molecular weight is 421 g/mol. The van der Waals surface area contributed by atoms with Crippen LogP contribution in [0.5, 0.6) is 0 Å². The van der Waals surface area contributed by atoms with Crippen LogP contribution in [0.15, 0.2) is 30.3 Å². The Morgan fingerprint density at radius 2 is 1.50 bits per heavy atom. The lowest BCUT2D eigenvalue weighted by Gasteiger charge is -2.09. The molecule has 2 heterocycles. The number of fused-ring (bicyclic) bond motifs is 1. The van der Waals surface area contributed by atoms with Gasteiger partial charge in [-0.3, -0.25) is 0 Å². The predicted molar refractivity (Wildman–Crippen MR) is 119 cm³/mol. The first-order chi connectivity index (χ1) is 12.9. The average Bonchev–Trinajstić information content (AvgIpc) is 2.81. The molecule has 1 aromatic carbocycles. The van der Waals surface area contributed by atoms with Crippen molar-refractivity contribution < 1.29 is 9.13 Å². The van der Waals surface area contributed by atoms with Gasteiger partial charge in [0.25, 0.3) is 0 Å². The number of anilines is 2. The van der Waals surface area contributed by atoms with Crippen LogP contribution in [0.25, 0.3) is 11.2 Å². The monoisotopic (exact) mass is 421 g/mol. The first-order valence-corrected chi connectivity index (χ1v) is 14.5. The number of benzene rings is 1. The maximum Gasteiger partial charge on any atom is 0.165 e. The van der Waals surface area contributed by atoms with E-state index in [1.807, 2.05) is 55.8 Å². The number of rotatable bonds is 4. The molecule has 0 aliphatic rings. The second-order valence-corrected chi connectivity index (χ2v) is 15.2. The summed E-state index contributed by atoms with van der Waals surface area (Å²) in [5, 5.41) is 3.30. The molecule has 0 saturated carbocycles. The lowest BCUT2D eigenvalue weighted by atomic mass is 10.3. The third-order valence-corrected chi connectivity index (χ3v) is 9.22. The Bertz CT molecular complexity index is 1030. The molecule has 1 N–H and O–H groups in total. The topological polar surface area (TPSA) is 89.8 Å². The fraction of sp³-hybridized carbons (Fsp3) is 0.421. The summed E-state index contributed by atoms with van der Waals surface area (Å²) in [6.45, 7) is 10.5. The van der Waals surface area contributed by atoms with Crippen LogP contribution in [0.3, 0.4) is 0 Å². The second kappa shape index (κ2) is 8.59. The van der Waals surface area contributed by atoms with Crippen molar-refractivity contribution in [2.24, 2.45) is 7.05 Å². The highest BCUT2D eigenvalue weighted by molar-refractivity contribution is 7.79. The van der Waals surface area contributed by atoms with Crippen LogP contribution in [0, 0.1) is 13.8 Å². The van der Waals surface area contributed by atoms with Gasteiger partial charge >= 0.3 is 0 Å². The Balaban J connectivity index is 0.000000266. The lowest BCUT2D eigenvalue weighted by Crippen LogP contribution is -2.00. The molecule has 7 nitrogen and oxygen atoms in total. The van der Waals surface area contributed by atoms with Gasteiger partial charge in [-0.1, -0.05) is 18.2 Å². The second-order valence-electron chi connectivity index (χ2n) is 7.79. The van der Waals surface area contributed by atoms with Crippen LogP contribution < -0.4 is 5.32 Å². The SMILES string of the molecule is CP(C)(=O)CP(C)(C)=O.Cc1nc(Nc2ccccc2)c2nc(C)n(C)c2n1. The van der Waals surface area contributed by atoms with Crippen molar-refractivity contribution in [1.82, 2.24) is 19.5 Å². The number of hydrogen-bond donors (Lipinski definition) is 1. The van der Waals surface area contributed by atoms with Crippen LogP contribution in [-0.2, 0) is 16.2 Å². The Hall–Kier alpha value is -1.97. The lowest BCUT2D eigenvalue weighted by molar-refractivity contribution is 0.577. The van der Waals surface area contributed by atoms with Gasteiger partial charge in [-0.15, -0.1) is 0 Å². The van der Waals surface area contributed by atoms with Gasteiger partial charge in [0.1, 0.15) is 11.6 Å². The molecule has 0 amide bonds. The normalized spacial score (nSPS) is 11.8. The molecule has 0 saturated heterocycles. The Kier molecular flexibility index (Phi) is 6.84. The molecular formula is C19H29N5O2P2. The fourth-order valence-electron chi connectivity index (χ4n) is 2.84. The van der Waals surface area contributed by atoms with E-state index in [1.54, 1.807) is 26.7 Å². The van der Waals surface area contributed by atoms with E-state index in [0.29, 0.717) is 5.90 Å². The molecule has 0 atom stereocenters. The summed E-state index contributed by atoms with van der Waals surface area (Å²) in [6.07, 6.45) is 0. The van der Waals surface area contributed by atoms with Gasteiger partial charge in [-0.05, 0) is 52.6 Å². The van der Waals surface area contributed by atoms with Crippen LogP contribution >= 0.6 is 14.3 Å². The smallest absolute Gasteiger partial charge is 0.165 e. The number of hydrogen-bond acceptors (Lipinski definition) is 6. The minimum Gasteiger partial charge on any atom is -0.338 e. The van der Waals surface area contributed by atoms with Crippen molar-refractivity contribution in [3.8, 4) is 0 Å². The summed E-state index contributed by atoms with van der Waals surface area (Å²) in [6, 6.07) is 9.95. The first kappa shape index (κ1) is 22.3. The van der Waals surface area contributed by atoms with E-state index < -0.39 is 14.3 Å². The van der Waals surface area contributed by atoms with Crippen molar-refractivity contribution in [2.45, 2.75) is 13.8 Å². The molecule has 0 spiro atoms. The number of aryl methyl sites for hydroxylation is 3. The van der Waals surface area contributed by atoms with Crippen molar-refractivity contribution in [2.75, 3.05) is 37.9 Å². The molecule has 2 aromatic heterocycles. The van der Waals surface area contributed by atoms with Gasteiger partial charge in [0, 0.05) is 12.7 Å². The fourth-order valence-corrected chi connectivity index (χ4v) is 9.41. The van der Waals surface area contributed by atoms with E-state index in [4.69, 9.17) is 0 Å². The summed E-state index contributed by atoms with van der Waals surface area (Å²) in [5.74, 6) is 2.80. The summed E-state index contributed by atoms with van der Waals surface area (Å²) in [5.41, 5.74) is 2.64. The first-order valence-electron chi connectivity index (χ1n) is 8.93. The third-order valence-electron chi connectivity index (χ3n) is 3.77. The predicted octanol–water partition coefficient (Wildman–Crippen LogP) is 4.91. The zero-order chi connectivity index (χ0) is 21.1. The van der Waals surface area contributed by atoms with E-state index in [9.17, 15) is 9.13 Å². The molecule has 0 aliphatic carbocycles. The minimum absolute atomic E-state index is 0.403. The number of nitrogens with zero attached hydrogens (tertiary/aromatic N) is 4. The van der Waals surface area contributed by atoms with Gasteiger partial charge in [0.15, 0.2) is 17.0 Å². The van der Waals surface area contributed by atoms with Gasteiger partial charge < -0.3 is 19.0 Å². The highest BCUT2D eigenvalue weighted by Gasteiger charge is 2.17. The third kappa shape index (κ3) is 6.57. The number of nitrogens with one attached hydrogen (secondary N) is 1.